The fourth-order valence-corrected chi connectivity index (χ4v) is 2.49. The number of hydrogen-bond donors (Lipinski definition) is 0. The lowest BCUT2D eigenvalue weighted by Crippen LogP contribution is -1.96. The average Bonchev–Trinajstić information content (AvgIpc) is 2.75. The van der Waals surface area contributed by atoms with E-state index in [1.165, 1.54) is 10.6 Å². The predicted octanol–water partition coefficient (Wildman–Crippen LogP) is 3.98. The Balaban J connectivity index is 1.93. The Kier molecular flexibility index (Phi) is 4.15. The monoisotopic (exact) mass is 247 g/mol. The van der Waals surface area contributed by atoms with E-state index in [1.54, 1.807) is 11.3 Å². The first kappa shape index (κ1) is 12.1. The number of aromatic nitrogens is 1. The van der Waals surface area contributed by atoms with Gasteiger partial charge in [0.1, 0.15) is 12.4 Å². The highest BCUT2D eigenvalue weighted by Gasteiger charge is 2.02. The molecule has 1 aromatic carbocycles. The minimum Gasteiger partial charge on any atom is -0.487 e. The quantitative estimate of drug-likeness (QED) is 0.797. The molecule has 0 unspecified atom stereocenters. The molecular weight excluding hydrogens is 230 g/mol. The Morgan fingerprint density at radius 3 is 3.00 bits per heavy atom. The molecule has 0 N–H and O–H groups in total. The summed E-state index contributed by atoms with van der Waals surface area (Å²) in [6.45, 7) is 4.79. The normalized spacial score (nSPS) is 10.5. The Bertz CT molecular complexity index is 479. The molecule has 0 saturated carbocycles. The standard InChI is InChI=1S/C14H17NOS/c1-3-5-14-15-12(10-17-14)9-16-13-7-4-6-11(2)8-13/h4,6-8,10H,3,5,9H2,1-2H3. The van der Waals surface area contributed by atoms with Crippen molar-refractivity contribution in [1.29, 1.82) is 0 Å². The first-order valence-electron chi connectivity index (χ1n) is 5.90. The minimum absolute atomic E-state index is 0.559. The van der Waals surface area contributed by atoms with Gasteiger partial charge < -0.3 is 4.74 Å². The molecule has 0 radical (unpaired) electrons. The largest absolute Gasteiger partial charge is 0.487 e. The van der Waals surface area contributed by atoms with Gasteiger partial charge in [-0.1, -0.05) is 19.1 Å². The molecule has 0 aliphatic heterocycles. The van der Waals surface area contributed by atoms with Crippen LogP contribution in [0.2, 0.25) is 0 Å². The average molecular weight is 247 g/mol. The molecule has 2 nitrogen and oxygen atoms in total. The summed E-state index contributed by atoms with van der Waals surface area (Å²) < 4.78 is 5.71. The molecule has 90 valence electrons. The van der Waals surface area contributed by atoms with Gasteiger partial charge >= 0.3 is 0 Å². The molecule has 0 bridgehead atoms. The van der Waals surface area contributed by atoms with Crippen LogP contribution in [0.1, 0.15) is 29.6 Å². The number of thiazole rings is 1. The van der Waals surface area contributed by atoms with Crippen LogP contribution in [0.15, 0.2) is 29.6 Å². The lowest BCUT2D eigenvalue weighted by Gasteiger charge is -2.04. The number of nitrogens with zero attached hydrogens (tertiary/aromatic N) is 1. The van der Waals surface area contributed by atoms with Crippen LogP contribution in [0.25, 0.3) is 0 Å². The molecule has 17 heavy (non-hydrogen) atoms. The Labute approximate surface area is 106 Å². The molecule has 0 aliphatic rings. The summed E-state index contributed by atoms with van der Waals surface area (Å²) in [5, 5.41) is 3.29. The lowest BCUT2D eigenvalue weighted by molar-refractivity contribution is 0.301. The lowest BCUT2D eigenvalue weighted by atomic mass is 10.2. The summed E-state index contributed by atoms with van der Waals surface area (Å²) >= 11 is 1.72. The van der Waals surface area contributed by atoms with Crippen LogP contribution in [-0.4, -0.2) is 4.98 Å². The van der Waals surface area contributed by atoms with Gasteiger partial charge in [0.15, 0.2) is 0 Å². The predicted molar refractivity (Wildman–Crippen MR) is 71.6 cm³/mol. The van der Waals surface area contributed by atoms with Gasteiger partial charge in [0.05, 0.1) is 10.7 Å². The highest BCUT2D eigenvalue weighted by molar-refractivity contribution is 7.09. The first-order valence-corrected chi connectivity index (χ1v) is 6.78. The van der Waals surface area contributed by atoms with Crippen molar-refractivity contribution in [2.24, 2.45) is 0 Å². The number of benzene rings is 1. The molecule has 0 amide bonds. The third-order valence-corrected chi connectivity index (χ3v) is 3.40. The van der Waals surface area contributed by atoms with Crippen molar-refractivity contribution in [2.45, 2.75) is 33.3 Å². The van der Waals surface area contributed by atoms with Gasteiger partial charge in [-0.3, -0.25) is 0 Å². The zero-order valence-electron chi connectivity index (χ0n) is 10.3. The SMILES string of the molecule is CCCc1nc(COc2cccc(C)c2)cs1. The number of aryl methyl sites for hydroxylation is 2. The number of hydrogen-bond acceptors (Lipinski definition) is 3. The number of rotatable bonds is 5. The molecule has 3 heteroatoms. The van der Waals surface area contributed by atoms with E-state index in [1.807, 2.05) is 18.2 Å². The van der Waals surface area contributed by atoms with Gasteiger partial charge in [-0.2, -0.15) is 0 Å². The summed E-state index contributed by atoms with van der Waals surface area (Å²) in [6, 6.07) is 8.09. The summed E-state index contributed by atoms with van der Waals surface area (Å²) in [6.07, 6.45) is 2.21. The van der Waals surface area contributed by atoms with Gasteiger partial charge in [0.2, 0.25) is 0 Å². The molecule has 0 aliphatic carbocycles. The maximum atomic E-state index is 5.71. The highest BCUT2D eigenvalue weighted by Crippen LogP contribution is 2.16. The maximum absolute atomic E-state index is 5.71. The van der Waals surface area contributed by atoms with E-state index in [9.17, 15) is 0 Å². The minimum atomic E-state index is 0.559. The van der Waals surface area contributed by atoms with Crippen LogP contribution in [0.4, 0.5) is 0 Å². The molecule has 1 heterocycles. The van der Waals surface area contributed by atoms with Gasteiger partial charge in [-0.05, 0) is 37.5 Å². The van der Waals surface area contributed by atoms with Gasteiger partial charge in [-0.15, -0.1) is 11.3 Å². The van der Waals surface area contributed by atoms with Crippen molar-refractivity contribution in [2.75, 3.05) is 0 Å². The summed E-state index contributed by atoms with van der Waals surface area (Å²) in [7, 11) is 0. The second-order valence-corrected chi connectivity index (χ2v) is 5.03. The van der Waals surface area contributed by atoms with Gasteiger partial charge in [0, 0.05) is 5.38 Å². The van der Waals surface area contributed by atoms with Crippen LogP contribution < -0.4 is 4.74 Å². The van der Waals surface area contributed by atoms with Crippen LogP contribution in [0.3, 0.4) is 0 Å². The van der Waals surface area contributed by atoms with E-state index in [-0.39, 0.29) is 0 Å². The summed E-state index contributed by atoms with van der Waals surface area (Å²) in [4.78, 5) is 4.53. The third-order valence-electron chi connectivity index (χ3n) is 2.44. The zero-order valence-corrected chi connectivity index (χ0v) is 11.1. The second-order valence-electron chi connectivity index (χ2n) is 4.09. The molecule has 0 fully saturated rings. The van der Waals surface area contributed by atoms with Crippen molar-refractivity contribution < 1.29 is 4.74 Å². The smallest absolute Gasteiger partial charge is 0.131 e. The van der Waals surface area contributed by atoms with Crippen LogP contribution in [0.5, 0.6) is 5.75 Å². The van der Waals surface area contributed by atoms with E-state index >= 15 is 0 Å². The second kappa shape index (κ2) is 5.82. The van der Waals surface area contributed by atoms with E-state index in [0.717, 1.165) is 24.3 Å². The van der Waals surface area contributed by atoms with Crippen molar-refractivity contribution in [3.05, 3.63) is 45.9 Å². The van der Waals surface area contributed by atoms with E-state index in [2.05, 4.69) is 30.3 Å². The zero-order chi connectivity index (χ0) is 12.1. The van der Waals surface area contributed by atoms with Gasteiger partial charge in [0.25, 0.3) is 0 Å². The molecule has 0 saturated heterocycles. The van der Waals surface area contributed by atoms with Crippen molar-refractivity contribution in [3.63, 3.8) is 0 Å². The first-order chi connectivity index (χ1) is 8.28. The number of ether oxygens (including phenoxy) is 1. The van der Waals surface area contributed by atoms with E-state index in [4.69, 9.17) is 4.74 Å². The molecule has 0 spiro atoms. The summed E-state index contributed by atoms with van der Waals surface area (Å²) in [5.41, 5.74) is 2.24. The van der Waals surface area contributed by atoms with Crippen LogP contribution in [-0.2, 0) is 13.0 Å². The molecule has 0 atom stereocenters. The fourth-order valence-electron chi connectivity index (χ4n) is 1.61. The Morgan fingerprint density at radius 1 is 1.35 bits per heavy atom. The summed E-state index contributed by atoms with van der Waals surface area (Å²) in [5.74, 6) is 0.912. The van der Waals surface area contributed by atoms with Crippen LogP contribution >= 0.6 is 11.3 Å². The van der Waals surface area contributed by atoms with Gasteiger partial charge in [-0.25, -0.2) is 4.98 Å². The highest BCUT2D eigenvalue weighted by atomic mass is 32.1. The van der Waals surface area contributed by atoms with Crippen LogP contribution in [0, 0.1) is 6.92 Å². The molecule has 1 aromatic heterocycles. The Morgan fingerprint density at radius 2 is 2.24 bits per heavy atom. The van der Waals surface area contributed by atoms with E-state index < -0.39 is 0 Å². The van der Waals surface area contributed by atoms with Crippen molar-refractivity contribution in [3.8, 4) is 5.75 Å². The van der Waals surface area contributed by atoms with Crippen molar-refractivity contribution in [1.82, 2.24) is 4.98 Å². The maximum Gasteiger partial charge on any atom is 0.131 e. The molecular formula is C14H17NOS. The third kappa shape index (κ3) is 3.56. The molecule has 2 aromatic rings. The fraction of sp³-hybridized carbons (Fsp3) is 0.357. The molecule has 2 rings (SSSR count). The van der Waals surface area contributed by atoms with Crippen molar-refractivity contribution >= 4 is 11.3 Å². The topological polar surface area (TPSA) is 22.1 Å². The van der Waals surface area contributed by atoms with E-state index in [0.29, 0.717) is 6.61 Å². The Hall–Kier alpha value is -1.35.